The van der Waals surface area contributed by atoms with E-state index in [2.05, 4.69) is 16.7 Å². The number of nitrogens with zero attached hydrogens (tertiary/aromatic N) is 2. The number of aliphatic hydroxyl groups is 4. The summed E-state index contributed by atoms with van der Waals surface area (Å²) < 4.78 is 0. The highest BCUT2D eigenvalue weighted by Crippen LogP contribution is 2.09. The summed E-state index contributed by atoms with van der Waals surface area (Å²) in [6, 6.07) is 0.255. The van der Waals surface area contributed by atoms with E-state index in [1.54, 1.807) is 13.8 Å². The van der Waals surface area contributed by atoms with E-state index in [1.807, 2.05) is 13.8 Å². The summed E-state index contributed by atoms with van der Waals surface area (Å²) in [6.07, 6.45) is 0.180. The second-order valence-corrected chi connectivity index (χ2v) is 7.39. The normalized spacial score (nSPS) is 17.5. The fourth-order valence-corrected chi connectivity index (χ4v) is 2.92. The van der Waals surface area contributed by atoms with Gasteiger partial charge in [-0.05, 0) is 53.5 Å². The summed E-state index contributed by atoms with van der Waals surface area (Å²) in [5.74, 6) is 0. The summed E-state index contributed by atoms with van der Waals surface area (Å²) in [4.78, 5) is 4.12. The molecule has 0 fully saturated rings. The quantitative estimate of drug-likeness (QED) is 0.369. The van der Waals surface area contributed by atoms with Crippen molar-refractivity contribution in [3.05, 3.63) is 0 Å². The molecule has 6 nitrogen and oxygen atoms in total. The van der Waals surface area contributed by atoms with E-state index in [-0.39, 0.29) is 6.04 Å². The van der Waals surface area contributed by atoms with E-state index in [4.69, 9.17) is 0 Å². The fourth-order valence-electron chi connectivity index (χ4n) is 2.92. The lowest BCUT2D eigenvalue weighted by Crippen LogP contribution is -2.42. The first-order valence-corrected chi connectivity index (χ1v) is 9.34. The Bertz CT molecular complexity index is 301. The van der Waals surface area contributed by atoms with Crippen molar-refractivity contribution in [1.82, 2.24) is 9.80 Å². The van der Waals surface area contributed by atoms with Crippen LogP contribution in [0.3, 0.4) is 0 Å². The second-order valence-electron chi connectivity index (χ2n) is 7.39. The van der Waals surface area contributed by atoms with Crippen LogP contribution in [-0.4, -0.2) is 93.4 Å². The molecule has 24 heavy (non-hydrogen) atoms. The summed E-state index contributed by atoms with van der Waals surface area (Å²) in [5.41, 5.74) is 0. The average molecular weight is 349 g/mol. The van der Waals surface area contributed by atoms with Gasteiger partial charge in [-0.1, -0.05) is 6.92 Å². The van der Waals surface area contributed by atoms with Crippen LogP contribution in [0.1, 0.15) is 53.9 Å². The van der Waals surface area contributed by atoms with E-state index in [0.29, 0.717) is 39.0 Å². The highest BCUT2D eigenvalue weighted by molar-refractivity contribution is 4.73. The van der Waals surface area contributed by atoms with Gasteiger partial charge in [0.25, 0.3) is 0 Å². The molecule has 4 unspecified atom stereocenters. The van der Waals surface area contributed by atoms with Crippen LogP contribution in [-0.2, 0) is 0 Å². The third kappa shape index (κ3) is 12.2. The molecule has 0 aromatic heterocycles. The Labute approximate surface area is 148 Å². The lowest BCUT2D eigenvalue weighted by molar-refractivity contribution is 0.0370. The molecule has 6 heteroatoms. The van der Waals surface area contributed by atoms with Crippen LogP contribution in [0.5, 0.6) is 0 Å². The van der Waals surface area contributed by atoms with Gasteiger partial charge in [-0.3, -0.25) is 9.80 Å². The van der Waals surface area contributed by atoms with Gasteiger partial charge in [-0.15, -0.1) is 0 Å². The Balaban J connectivity index is 4.24. The van der Waals surface area contributed by atoms with E-state index in [0.717, 1.165) is 13.0 Å². The third-order valence-electron chi connectivity index (χ3n) is 4.04. The monoisotopic (exact) mass is 348 g/mol. The van der Waals surface area contributed by atoms with Crippen LogP contribution in [0, 0.1) is 0 Å². The molecule has 4 atom stereocenters. The number of hydrogen-bond acceptors (Lipinski definition) is 6. The van der Waals surface area contributed by atoms with E-state index in [1.165, 1.54) is 0 Å². The van der Waals surface area contributed by atoms with Crippen molar-refractivity contribution in [2.24, 2.45) is 0 Å². The van der Waals surface area contributed by atoms with Crippen LogP contribution < -0.4 is 0 Å². The molecule has 0 rings (SSSR count). The van der Waals surface area contributed by atoms with Crippen LogP contribution in [0.4, 0.5) is 0 Å². The number of aliphatic hydroxyl groups excluding tert-OH is 4. The van der Waals surface area contributed by atoms with Gasteiger partial charge in [0, 0.05) is 32.2 Å². The molecule has 146 valence electrons. The van der Waals surface area contributed by atoms with Crippen LogP contribution in [0.2, 0.25) is 0 Å². The van der Waals surface area contributed by atoms with Crippen molar-refractivity contribution in [3.63, 3.8) is 0 Å². The smallest absolute Gasteiger partial charge is 0.0668 e. The molecule has 0 aliphatic heterocycles. The van der Waals surface area contributed by atoms with Crippen molar-refractivity contribution in [2.75, 3.05) is 32.7 Å². The van der Waals surface area contributed by atoms with Gasteiger partial charge in [0.05, 0.1) is 24.4 Å². The zero-order chi connectivity index (χ0) is 18.7. The molecule has 0 saturated carbocycles. The molecule has 0 aliphatic carbocycles. The average Bonchev–Trinajstić information content (AvgIpc) is 2.43. The van der Waals surface area contributed by atoms with Gasteiger partial charge in [0.1, 0.15) is 0 Å². The van der Waals surface area contributed by atoms with E-state index < -0.39 is 24.4 Å². The van der Waals surface area contributed by atoms with E-state index >= 15 is 0 Å². The first-order chi connectivity index (χ1) is 11.1. The Kier molecular flexibility index (Phi) is 12.9. The Morgan fingerprint density at radius 2 is 1.21 bits per heavy atom. The molecule has 0 heterocycles. The number of hydrogen-bond donors (Lipinski definition) is 4. The summed E-state index contributed by atoms with van der Waals surface area (Å²) >= 11 is 0. The molecule has 4 N–H and O–H groups in total. The maximum Gasteiger partial charge on any atom is 0.0668 e. The third-order valence-corrected chi connectivity index (χ3v) is 4.04. The largest absolute Gasteiger partial charge is 0.392 e. The molecule has 0 saturated heterocycles. The summed E-state index contributed by atoms with van der Waals surface area (Å²) in [7, 11) is 0. The first-order valence-electron chi connectivity index (χ1n) is 9.34. The zero-order valence-corrected chi connectivity index (χ0v) is 16.2. The molecule has 0 radical (unpaired) electrons. The Morgan fingerprint density at radius 1 is 0.708 bits per heavy atom. The van der Waals surface area contributed by atoms with Crippen LogP contribution in [0.15, 0.2) is 0 Å². The zero-order valence-electron chi connectivity index (χ0n) is 16.2. The molecule has 0 aliphatic rings. The second kappa shape index (κ2) is 13.0. The van der Waals surface area contributed by atoms with Gasteiger partial charge in [-0.25, -0.2) is 0 Å². The SMILES string of the molecule is CCCN(CC(C)O)CC(O)CCC(O)CN(CC(C)O)C(C)C. The minimum absolute atomic E-state index is 0.255. The van der Waals surface area contributed by atoms with Crippen molar-refractivity contribution in [3.8, 4) is 0 Å². The standard InChI is InChI=1S/C18H40N2O4/c1-6-9-19(10-15(4)21)12-17(23)7-8-18(24)13-20(14(2)3)11-16(5)22/h14-18,21-24H,6-13H2,1-5H3. The van der Waals surface area contributed by atoms with Gasteiger partial charge < -0.3 is 20.4 Å². The molecule has 0 bridgehead atoms. The highest BCUT2D eigenvalue weighted by Gasteiger charge is 2.19. The maximum atomic E-state index is 10.2. The van der Waals surface area contributed by atoms with Gasteiger partial charge in [0.15, 0.2) is 0 Å². The minimum atomic E-state index is -0.516. The molecule has 0 spiro atoms. The van der Waals surface area contributed by atoms with Gasteiger partial charge in [0.2, 0.25) is 0 Å². The Morgan fingerprint density at radius 3 is 1.62 bits per heavy atom. The van der Waals surface area contributed by atoms with Crippen molar-refractivity contribution in [1.29, 1.82) is 0 Å². The molecule has 0 amide bonds. The topological polar surface area (TPSA) is 87.4 Å². The molecular weight excluding hydrogens is 308 g/mol. The highest BCUT2D eigenvalue weighted by atomic mass is 16.3. The molecule has 0 aromatic carbocycles. The Hall–Kier alpha value is -0.240. The van der Waals surface area contributed by atoms with E-state index in [9.17, 15) is 20.4 Å². The summed E-state index contributed by atoms with van der Waals surface area (Å²) in [6.45, 7) is 12.6. The fraction of sp³-hybridized carbons (Fsp3) is 1.00. The maximum absolute atomic E-state index is 10.2. The first kappa shape index (κ1) is 23.8. The van der Waals surface area contributed by atoms with Crippen molar-refractivity contribution in [2.45, 2.75) is 84.3 Å². The predicted octanol–water partition coefficient (Wildman–Crippen LogP) is 0.672. The minimum Gasteiger partial charge on any atom is -0.392 e. The van der Waals surface area contributed by atoms with Crippen LogP contribution in [0.25, 0.3) is 0 Å². The van der Waals surface area contributed by atoms with Crippen LogP contribution >= 0.6 is 0 Å². The predicted molar refractivity (Wildman–Crippen MR) is 98.0 cm³/mol. The lowest BCUT2D eigenvalue weighted by Gasteiger charge is -2.30. The summed E-state index contributed by atoms with van der Waals surface area (Å²) in [5, 5.41) is 39.5. The molecule has 0 aromatic rings. The molecular formula is C18H40N2O4. The lowest BCUT2D eigenvalue weighted by atomic mass is 10.1. The van der Waals surface area contributed by atoms with Gasteiger partial charge >= 0.3 is 0 Å². The van der Waals surface area contributed by atoms with Crippen molar-refractivity contribution >= 4 is 0 Å². The van der Waals surface area contributed by atoms with Gasteiger partial charge in [-0.2, -0.15) is 0 Å². The van der Waals surface area contributed by atoms with Crippen molar-refractivity contribution < 1.29 is 20.4 Å². The number of rotatable bonds is 14.